The van der Waals surface area contributed by atoms with Gasteiger partial charge in [-0.1, -0.05) is 34.8 Å². The molecule has 1 atom stereocenters. The summed E-state index contributed by atoms with van der Waals surface area (Å²) in [5.41, 5.74) is 1.95. The van der Waals surface area contributed by atoms with E-state index in [1.54, 1.807) is 0 Å². The molecule has 2 aromatic rings. The summed E-state index contributed by atoms with van der Waals surface area (Å²) in [7, 11) is 2.08. The Bertz CT molecular complexity index is 704. The van der Waals surface area contributed by atoms with E-state index in [9.17, 15) is 4.79 Å². The summed E-state index contributed by atoms with van der Waals surface area (Å²) >= 11 is 3.43. The van der Waals surface area contributed by atoms with Crippen LogP contribution in [0.1, 0.15) is 47.8 Å². The summed E-state index contributed by atoms with van der Waals surface area (Å²) in [4.78, 5) is 15.1. The van der Waals surface area contributed by atoms with Crippen molar-refractivity contribution in [2.24, 2.45) is 7.05 Å². The van der Waals surface area contributed by atoms with Crippen LogP contribution < -0.4 is 5.32 Å². The number of likely N-dealkylation sites (tertiary alicyclic amines) is 1. The lowest BCUT2D eigenvalue weighted by molar-refractivity contribution is 0.0931. The number of carbonyl (C=O) groups is 1. The molecule has 5 heteroatoms. The molecule has 1 fully saturated rings. The number of aromatic nitrogens is 1. The summed E-state index contributed by atoms with van der Waals surface area (Å²) in [5.74, 6) is -0.0182. The number of nitrogens with one attached hydrogen (secondary N) is 1. The summed E-state index contributed by atoms with van der Waals surface area (Å²) < 4.78 is 3.09. The van der Waals surface area contributed by atoms with Crippen molar-refractivity contribution in [2.45, 2.75) is 31.7 Å². The second-order valence-electron chi connectivity index (χ2n) is 6.73. The number of benzene rings is 1. The molecule has 3 rings (SSSR count). The summed E-state index contributed by atoms with van der Waals surface area (Å²) in [6, 6.07) is 12.0. The molecular weight excluding hydrogens is 378 g/mol. The van der Waals surface area contributed by atoms with Crippen molar-refractivity contribution in [3.63, 3.8) is 0 Å². The highest BCUT2D eigenvalue weighted by Gasteiger charge is 2.24. The van der Waals surface area contributed by atoms with Gasteiger partial charge in [0, 0.05) is 35.5 Å². The second kappa shape index (κ2) is 8.68. The minimum atomic E-state index is -0.0182. The minimum absolute atomic E-state index is 0.0182. The smallest absolute Gasteiger partial charge is 0.251 e. The first-order valence-corrected chi connectivity index (χ1v) is 9.83. The summed E-state index contributed by atoms with van der Waals surface area (Å²) in [6.07, 6.45) is 7.17. The maximum atomic E-state index is 12.5. The standard InChI is InChI=1S/C20H26BrN3O/c1-23-11-7-10-18(23)19(24-12-4-2-3-5-13-24)15-22-20(25)16-8-6-9-17(21)14-16/h6-11,14,19H,2-5,12-13,15H2,1H3,(H,22,25). The van der Waals surface area contributed by atoms with E-state index in [0.29, 0.717) is 12.1 Å². The number of hydrogen-bond donors (Lipinski definition) is 1. The molecule has 1 aromatic carbocycles. The summed E-state index contributed by atoms with van der Waals surface area (Å²) in [5, 5.41) is 3.14. The molecule has 0 spiro atoms. The van der Waals surface area contributed by atoms with Crippen molar-refractivity contribution >= 4 is 21.8 Å². The van der Waals surface area contributed by atoms with Gasteiger partial charge in [-0.2, -0.15) is 0 Å². The van der Waals surface area contributed by atoms with E-state index in [2.05, 4.69) is 56.1 Å². The van der Waals surface area contributed by atoms with Crippen LogP contribution in [-0.4, -0.2) is 35.0 Å². The van der Waals surface area contributed by atoms with Gasteiger partial charge in [-0.15, -0.1) is 0 Å². The normalized spacial score (nSPS) is 17.0. The molecule has 1 unspecified atom stereocenters. The molecule has 1 aliphatic rings. The number of nitrogens with zero attached hydrogens (tertiary/aromatic N) is 2. The highest BCUT2D eigenvalue weighted by Crippen LogP contribution is 2.24. The lowest BCUT2D eigenvalue weighted by Gasteiger charge is -2.31. The van der Waals surface area contributed by atoms with Gasteiger partial charge >= 0.3 is 0 Å². The van der Waals surface area contributed by atoms with Crippen LogP contribution in [0.2, 0.25) is 0 Å². The van der Waals surface area contributed by atoms with E-state index >= 15 is 0 Å². The van der Waals surface area contributed by atoms with Gasteiger partial charge in [0.15, 0.2) is 0 Å². The molecule has 1 saturated heterocycles. The SMILES string of the molecule is Cn1cccc1C(CNC(=O)c1cccc(Br)c1)N1CCCCCC1. The first kappa shape index (κ1) is 18.2. The van der Waals surface area contributed by atoms with Crippen LogP contribution in [0.25, 0.3) is 0 Å². The van der Waals surface area contributed by atoms with Crippen molar-refractivity contribution in [1.29, 1.82) is 0 Å². The number of rotatable bonds is 5. The third kappa shape index (κ3) is 4.73. The predicted molar refractivity (Wildman–Crippen MR) is 105 cm³/mol. The highest BCUT2D eigenvalue weighted by atomic mass is 79.9. The van der Waals surface area contributed by atoms with Gasteiger partial charge in [0.25, 0.3) is 5.91 Å². The molecule has 1 N–H and O–H groups in total. The predicted octanol–water partition coefficient (Wildman–Crippen LogP) is 4.13. The van der Waals surface area contributed by atoms with Crippen LogP contribution in [0, 0.1) is 0 Å². The van der Waals surface area contributed by atoms with Crippen LogP contribution in [0.5, 0.6) is 0 Å². The Morgan fingerprint density at radius 3 is 2.56 bits per heavy atom. The molecule has 1 aromatic heterocycles. The van der Waals surface area contributed by atoms with Crippen LogP contribution in [0.15, 0.2) is 47.1 Å². The monoisotopic (exact) mass is 403 g/mol. The Morgan fingerprint density at radius 2 is 1.92 bits per heavy atom. The molecule has 25 heavy (non-hydrogen) atoms. The first-order valence-electron chi connectivity index (χ1n) is 9.04. The first-order chi connectivity index (χ1) is 12.1. The van der Waals surface area contributed by atoms with Gasteiger partial charge in [-0.25, -0.2) is 0 Å². The third-order valence-electron chi connectivity index (χ3n) is 4.95. The fraction of sp³-hybridized carbons (Fsp3) is 0.450. The Labute approximate surface area is 158 Å². The fourth-order valence-electron chi connectivity index (χ4n) is 3.57. The zero-order valence-corrected chi connectivity index (χ0v) is 16.3. The fourth-order valence-corrected chi connectivity index (χ4v) is 3.97. The van der Waals surface area contributed by atoms with Gasteiger partial charge in [-0.3, -0.25) is 9.69 Å². The Morgan fingerprint density at radius 1 is 1.16 bits per heavy atom. The largest absolute Gasteiger partial charge is 0.353 e. The minimum Gasteiger partial charge on any atom is -0.353 e. The van der Waals surface area contributed by atoms with Gasteiger partial charge < -0.3 is 9.88 Å². The number of carbonyl (C=O) groups excluding carboxylic acids is 1. The quantitative estimate of drug-likeness (QED) is 0.814. The Balaban J connectivity index is 1.73. The maximum absolute atomic E-state index is 12.5. The lowest BCUT2D eigenvalue weighted by atomic mass is 10.1. The molecule has 0 bridgehead atoms. The molecule has 134 valence electrons. The Kier molecular flexibility index (Phi) is 6.32. The molecule has 1 amide bonds. The van der Waals surface area contributed by atoms with Crippen LogP contribution in [0.4, 0.5) is 0 Å². The van der Waals surface area contributed by atoms with Gasteiger partial charge in [0.2, 0.25) is 0 Å². The molecule has 0 saturated carbocycles. The van der Waals surface area contributed by atoms with Gasteiger partial charge in [-0.05, 0) is 56.3 Å². The number of amides is 1. The molecule has 1 aliphatic heterocycles. The summed E-state index contributed by atoms with van der Waals surface area (Å²) in [6.45, 7) is 2.83. The average molecular weight is 404 g/mol. The van der Waals surface area contributed by atoms with Crippen molar-refractivity contribution in [1.82, 2.24) is 14.8 Å². The average Bonchev–Trinajstić information content (AvgIpc) is 2.86. The van der Waals surface area contributed by atoms with E-state index < -0.39 is 0 Å². The highest BCUT2D eigenvalue weighted by molar-refractivity contribution is 9.10. The zero-order chi connectivity index (χ0) is 17.6. The number of aryl methyl sites for hydroxylation is 1. The van der Waals surface area contributed by atoms with Crippen LogP contribution >= 0.6 is 15.9 Å². The number of halogens is 1. The maximum Gasteiger partial charge on any atom is 0.251 e. The number of hydrogen-bond acceptors (Lipinski definition) is 2. The molecule has 0 aliphatic carbocycles. The molecule has 4 nitrogen and oxygen atoms in total. The molecular formula is C20H26BrN3O. The van der Waals surface area contributed by atoms with Gasteiger partial charge in [0.1, 0.15) is 0 Å². The van der Waals surface area contributed by atoms with E-state index in [-0.39, 0.29) is 11.9 Å². The van der Waals surface area contributed by atoms with Crippen molar-refractivity contribution in [2.75, 3.05) is 19.6 Å². The van der Waals surface area contributed by atoms with Crippen LogP contribution in [-0.2, 0) is 7.05 Å². The van der Waals surface area contributed by atoms with Crippen LogP contribution in [0.3, 0.4) is 0 Å². The van der Waals surface area contributed by atoms with Crippen molar-refractivity contribution < 1.29 is 4.79 Å². The van der Waals surface area contributed by atoms with E-state index in [1.807, 2.05) is 24.3 Å². The van der Waals surface area contributed by atoms with Crippen molar-refractivity contribution in [3.05, 3.63) is 58.3 Å². The third-order valence-corrected chi connectivity index (χ3v) is 5.44. The second-order valence-corrected chi connectivity index (χ2v) is 7.65. The topological polar surface area (TPSA) is 37.3 Å². The molecule has 2 heterocycles. The van der Waals surface area contributed by atoms with E-state index in [4.69, 9.17) is 0 Å². The lowest BCUT2D eigenvalue weighted by Crippen LogP contribution is -2.39. The van der Waals surface area contributed by atoms with Crippen molar-refractivity contribution in [3.8, 4) is 0 Å². The van der Waals surface area contributed by atoms with Gasteiger partial charge in [0.05, 0.1) is 6.04 Å². The molecule has 0 radical (unpaired) electrons. The van der Waals surface area contributed by atoms with E-state index in [1.165, 1.54) is 31.4 Å². The Hall–Kier alpha value is -1.59. The zero-order valence-electron chi connectivity index (χ0n) is 14.7. The van der Waals surface area contributed by atoms with E-state index in [0.717, 1.165) is 17.6 Å².